The molecule has 35 heavy (non-hydrogen) atoms. The van der Waals surface area contributed by atoms with E-state index in [4.69, 9.17) is 4.98 Å². The predicted octanol–water partition coefficient (Wildman–Crippen LogP) is 8.68. The highest BCUT2D eigenvalue weighted by Gasteiger charge is 2.10. The monoisotopic (exact) mass is 520 g/mol. The largest absolute Gasteiger partial charge is 0.339 e. The second kappa shape index (κ2) is 10.1. The molecule has 0 atom stereocenters. The molecule has 0 aliphatic rings. The van der Waals surface area contributed by atoms with Crippen molar-refractivity contribution in [1.29, 1.82) is 0 Å². The molecule has 172 valence electrons. The van der Waals surface area contributed by atoms with Crippen molar-refractivity contribution in [3.8, 4) is 22.3 Å². The van der Waals surface area contributed by atoms with Crippen LogP contribution in [0.3, 0.4) is 0 Å². The van der Waals surface area contributed by atoms with Gasteiger partial charge in [0.2, 0.25) is 5.95 Å². The molecule has 4 nitrogen and oxygen atoms in total. The van der Waals surface area contributed by atoms with Gasteiger partial charge in [-0.2, -0.15) is 4.98 Å². The lowest BCUT2D eigenvalue weighted by atomic mass is 10.0. The number of nitrogens with zero attached hydrogens (tertiary/aromatic N) is 2. The molecule has 0 aliphatic carbocycles. The summed E-state index contributed by atoms with van der Waals surface area (Å²) in [5, 5.41) is 6.90. The van der Waals surface area contributed by atoms with Gasteiger partial charge in [0.05, 0.1) is 4.47 Å². The normalized spacial score (nSPS) is 10.7. The van der Waals surface area contributed by atoms with Crippen LogP contribution in [0.1, 0.15) is 11.1 Å². The summed E-state index contributed by atoms with van der Waals surface area (Å²) in [4.78, 5) is 9.27. The molecule has 0 radical (unpaired) electrons. The van der Waals surface area contributed by atoms with Crippen LogP contribution in [0.25, 0.3) is 22.3 Å². The maximum atomic E-state index is 4.77. The highest BCUT2D eigenvalue weighted by Crippen LogP contribution is 2.31. The van der Waals surface area contributed by atoms with Crippen LogP contribution in [0.5, 0.6) is 0 Å². The van der Waals surface area contributed by atoms with Crippen LogP contribution < -0.4 is 10.6 Å². The Morgan fingerprint density at radius 1 is 0.600 bits per heavy atom. The zero-order valence-corrected chi connectivity index (χ0v) is 21.2. The molecule has 0 saturated carbocycles. The van der Waals surface area contributed by atoms with Crippen molar-refractivity contribution in [2.45, 2.75) is 13.8 Å². The summed E-state index contributed by atoms with van der Waals surface area (Å²) >= 11 is 3.60. The second-order valence-corrected chi connectivity index (χ2v) is 9.29. The summed E-state index contributed by atoms with van der Waals surface area (Å²) in [6, 6.07) is 33.5. The van der Waals surface area contributed by atoms with E-state index >= 15 is 0 Å². The third-order valence-corrected chi connectivity index (χ3v) is 6.51. The number of benzene rings is 4. The lowest BCUT2D eigenvalue weighted by Gasteiger charge is -2.15. The molecule has 0 aliphatic heterocycles. The Balaban J connectivity index is 1.43. The molecule has 2 N–H and O–H groups in total. The Morgan fingerprint density at radius 2 is 1.11 bits per heavy atom. The third-order valence-electron chi connectivity index (χ3n) is 5.93. The Bertz CT molecular complexity index is 1470. The van der Waals surface area contributed by atoms with Gasteiger partial charge in [0.15, 0.2) is 0 Å². The standard InChI is InChI=1S/C30H25BrN4/c1-20-13-15-24(22-9-5-3-6-10-22)17-27(20)33-29-26(31)19-32-30(35-29)34-28-18-25(16-14-21(28)2)23-11-7-4-8-12-23/h3-19H,1-2H3,(H2,32,33,34,35). The zero-order chi connectivity index (χ0) is 24.2. The molecular formula is C30H25BrN4. The molecule has 0 amide bonds. The first-order valence-corrected chi connectivity index (χ1v) is 12.2. The summed E-state index contributed by atoms with van der Waals surface area (Å²) in [6.45, 7) is 4.16. The van der Waals surface area contributed by atoms with E-state index in [-0.39, 0.29) is 0 Å². The Labute approximate surface area is 214 Å². The van der Waals surface area contributed by atoms with Crippen LogP contribution in [-0.4, -0.2) is 9.97 Å². The lowest BCUT2D eigenvalue weighted by Crippen LogP contribution is -2.03. The van der Waals surface area contributed by atoms with Crippen molar-refractivity contribution in [1.82, 2.24) is 9.97 Å². The van der Waals surface area contributed by atoms with Gasteiger partial charge in [-0.05, 0) is 75.3 Å². The van der Waals surface area contributed by atoms with Crippen LogP contribution in [0.15, 0.2) is 108 Å². The minimum atomic E-state index is 0.529. The van der Waals surface area contributed by atoms with Gasteiger partial charge in [0, 0.05) is 17.6 Å². The van der Waals surface area contributed by atoms with E-state index in [1.54, 1.807) is 6.20 Å². The van der Waals surface area contributed by atoms with Crippen LogP contribution >= 0.6 is 15.9 Å². The Kier molecular flexibility index (Phi) is 6.59. The summed E-state index contributed by atoms with van der Waals surface area (Å²) < 4.78 is 0.794. The van der Waals surface area contributed by atoms with Gasteiger partial charge in [-0.25, -0.2) is 4.98 Å². The van der Waals surface area contributed by atoms with Crippen molar-refractivity contribution >= 4 is 39.1 Å². The molecule has 0 fully saturated rings. The fraction of sp³-hybridized carbons (Fsp3) is 0.0667. The first-order chi connectivity index (χ1) is 17.1. The van der Waals surface area contributed by atoms with E-state index < -0.39 is 0 Å². The van der Waals surface area contributed by atoms with Gasteiger partial charge >= 0.3 is 0 Å². The Morgan fingerprint density at radius 3 is 1.66 bits per heavy atom. The maximum absolute atomic E-state index is 4.77. The van der Waals surface area contributed by atoms with E-state index in [0.717, 1.165) is 38.1 Å². The van der Waals surface area contributed by atoms with E-state index in [9.17, 15) is 0 Å². The lowest BCUT2D eigenvalue weighted by molar-refractivity contribution is 1.15. The number of hydrogen-bond donors (Lipinski definition) is 2. The number of anilines is 4. The highest BCUT2D eigenvalue weighted by atomic mass is 79.9. The minimum absolute atomic E-state index is 0.529. The van der Waals surface area contributed by atoms with Gasteiger partial charge in [0.1, 0.15) is 5.82 Å². The molecule has 5 heteroatoms. The maximum Gasteiger partial charge on any atom is 0.229 e. The van der Waals surface area contributed by atoms with Crippen molar-refractivity contribution in [3.63, 3.8) is 0 Å². The van der Waals surface area contributed by atoms with Crippen molar-refractivity contribution in [2.24, 2.45) is 0 Å². The number of nitrogens with one attached hydrogen (secondary N) is 2. The molecule has 0 unspecified atom stereocenters. The molecule has 4 aromatic carbocycles. The number of hydrogen-bond acceptors (Lipinski definition) is 4. The van der Waals surface area contributed by atoms with Crippen molar-refractivity contribution in [3.05, 3.63) is 119 Å². The minimum Gasteiger partial charge on any atom is -0.339 e. The quantitative estimate of drug-likeness (QED) is 0.235. The number of aryl methyl sites for hydroxylation is 2. The smallest absolute Gasteiger partial charge is 0.229 e. The van der Waals surface area contributed by atoms with Gasteiger partial charge in [0.25, 0.3) is 0 Å². The van der Waals surface area contributed by atoms with Crippen LogP contribution in [0, 0.1) is 13.8 Å². The molecule has 1 heterocycles. The van der Waals surface area contributed by atoms with E-state index in [1.807, 2.05) is 24.3 Å². The first-order valence-electron chi connectivity index (χ1n) is 11.5. The van der Waals surface area contributed by atoms with Gasteiger partial charge in [-0.1, -0.05) is 84.9 Å². The molecular weight excluding hydrogens is 496 g/mol. The summed E-state index contributed by atoms with van der Waals surface area (Å²) in [7, 11) is 0. The number of rotatable bonds is 6. The number of aromatic nitrogens is 2. The first kappa shape index (κ1) is 22.8. The van der Waals surface area contributed by atoms with Crippen LogP contribution in [-0.2, 0) is 0 Å². The van der Waals surface area contributed by atoms with E-state index in [0.29, 0.717) is 11.8 Å². The average Bonchev–Trinajstić information content (AvgIpc) is 2.89. The van der Waals surface area contributed by atoms with E-state index in [1.165, 1.54) is 11.1 Å². The second-order valence-electron chi connectivity index (χ2n) is 8.43. The third kappa shape index (κ3) is 5.26. The van der Waals surface area contributed by atoms with Crippen LogP contribution in [0.4, 0.5) is 23.1 Å². The molecule has 0 bridgehead atoms. The van der Waals surface area contributed by atoms with Crippen molar-refractivity contribution < 1.29 is 0 Å². The highest BCUT2D eigenvalue weighted by molar-refractivity contribution is 9.10. The summed E-state index contributed by atoms with van der Waals surface area (Å²) in [5.74, 6) is 1.23. The molecule has 1 aromatic heterocycles. The fourth-order valence-electron chi connectivity index (χ4n) is 3.90. The summed E-state index contributed by atoms with van der Waals surface area (Å²) in [5.41, 5.74) is 8.86. The van der Waals surface area contributed by atoms with Gasteiger partial charge < -0.3 is 10.6 Å². The number of halogens is 1. The topological polar surface area (TPSA) is 49.8 Å². The molecule has 5 rings (SSSR count). The average molecular weight is 521 g/mol. The van der Waals surface area contributed by atoms with Crippen LogP contribution in [0.2, 0.25) is 0 Å². The Hall–Kier alpha value is -3.96. The van der Waals surface area contributed by atoms with Gasteiger partial charge in [-0.15, -0.1) is 0 Å². The SMILES string of the molecule is Cc1ccc(-c2ccccc2)cc1Nc1ncc(Br)c(Nc2cc(-c3ccccc3)ccc2C)n1. The molecule has 0 saturated heterocycles. The predicted molar refractivity (Wildman–Crippen MR) is 150 cm³/mol. The van der Waals surface area contributed by atoms with Gasteiger partial charge in [-0.3, -0.25) is 0 Å². The van der Waals surface area contributed by atoms with E-state index in [2.05, 4.69) is 118 Å². The molecule has 0 spiro atoms. The summed E-state index contributed by atoms with van der Waals surface area (Å²) in [6.07, 6.45) is 1.77. The van der Waals surface area contributed by atoms with Crippen molar-refractivity contribution in [2.75, 3.05) is 10.6 Å². The molecule has 5 aromatic rings. The zero-order valence-electron chi connectivity index (χ0n) is 19.6. The fourth-order valence-corrected chi connectivity index (χ4v) is 4.19.